The second-order valence-corrected chi connectivity index (χ2v) is 5.07. The minimum Gasteiger partial charge on any atom is -0.466 e. The van der Waals surface area contributed by atoms with Crippen LogP contribution >= 0.6 is 0 Å². The van der Waals surface area contributed by atoms with Crippen LogP contribution in [0.5, 0.6) is 0 Å². The van der Waals surface area contributed by atoms with E-state index in [9.17, 15) is 4.79 Å². The number of hydrogen-bond donors (Lipinski definition) is 1. The summed E-state index contributed by atoms with van der Waals surface area (Å²) in [5.74, 6) is 0.115. The zero-order valence-electron chi connectivity index (χ0n) is 10.8. The third kappa shape index (κ3) is 3.42. The highest BCUT2D eigenvalue weighted by molar-refractivity contribution is 5.72. The maximum Gasteiger partial charge on any atom is 0.310 e. The molecule has 0 spiro atoms. The molecule has 0 unspecified atom stereocenters. The van der Waals surface area contributed by atoms with Crippen LogP contribution in [-0.2, 0) is 9.53 Å². The van der Waals surface area contributed by atoms with Gasteiger partial charge in [-0.15, -0.1) is 0 Å². The number of likely N-dealkylation sites (tertiary alicyclic amines) is 1. The van der Waals surface area contributed by atoms with Gasteiger partial charge in [-0.3, -0.25) is 9.69 Å². The second kappa shape index (κ2) is 6.36. The molecule has 1 N–H and O–H groups in total. The van der Waals surface area contributed by atoms with Gasteiger partial charge in [-0.25, -0.2) is 0 Å². The Hall–Kier alpha value is -0.610. The van der Waals surface area contributed by atoms with E-state index in [1.54, 1.807) is 0 Å². The summed E-state index contributed by atoms with van der Waals surface area (Å²) < 4.78 is 5.14. The third-order valence-electron chi connectivity index (χ3n) is 3.90. The quantitative estimate of drug-likeness (QED) is 0.748. The molecule has 2 saturated heterocycles. The highest BCUT2D eigenvalue weighted by Gasteiger charge is 2.30. The van der Waals surface area contributed by atoms with Gasteiger partial charge >= 0.3 is 5.97 Å². The number of ether oxygens (including phenoxy) is 1. The zero-order valence-corrected chi connectivity index (χ0v) is 10.8. The standard InChI is InChI=1S/C13H24N2O2/c1-2-17-13(16)11-4-3-9-15(10-11)12-5-7-14-8-6-12/h11-12,14H,2-10H2,1H3/t11-/m0/s1. The first-order chi connectivity index (χ1) is 8.31. The summed E-state index contributed by atoms with van der Waals surface area (Å²) in [4.78, 5) is 14.3. The number of carbonyl (C=O) groups excluding carboxylic acids is 1. The predicted octanol–water partition coefficient (Wildman–Crippen LogP) is 1.01. The summed E-state index contributed by atoms with van der Waals surface area (Å²) in [5.41, 5.74) is 0. The summed E-state index contributed by atoms with van der Waals surface area (Å²) in [5, 5.41) is 3.39. The molecule has 0 radical (unpaired) electrons. The average molecular weight is 240 g/mol. The summed E-state index contributed by atoms with van der Waals surface area (Å²) in [6, 6.07) is 0.675. The molecular formula is C13H24N2O2. The van der Waals surface area contributed by atoms with Crippen LogP contribution in [0, 0.1) is 5.92 Å². The highest BCUT2D eigenvalue weighted by atomic mass is 16.5. The van der Waals surface area contributed by atoms with Gasteiger partial charge < -0.3 is 10.1 Å². The fraction of sp³-hybridized carbons (Fsp3) is 0.923. The first kappa shape index (κ1) is 12.8. The molecule has 0 aromatic rings. The Balaban J connectivity index is 1.85. The van der Waals surface area contributed by atoms with E-state index in [1.165, 1.54) is 12.8 Å². The van der Waals surface area contributed by atoms with Crippen molar-refractivity contribution in [3.05, 3.63) is 0 Å². The van der Waals surface area contributed by atoms with Crippen molar-refractivity contribution in [1.29, 1.82) is 0 Å². The molecule has 2 aliphatic rings. The van der Waals surface area contributed by atoms with E-state index >= 15 is 0 Å². The Morgan fingerprint density at radius 3 is 2.82 bits per heavy atom. The molecule has 17 heavy (non-hydrogen) atoms. The molecule has 2 fully saturated rings. The molecule has 2 heterocycles. The molecule has 1 atom stereocenters. The lowest BCUT2D eigenvalue weighted by Gasteiger charge is -2.39. The van der Waals surface area contributed by atoms with Crippen LogP contribution in [0.25, 0.3) is 0 Å². The second-order valence-electron chi connectivity index (χ2n) is 5.07. The maximum absolute atomic E-state index is 11.8. The summed E-state index contributed by atoms with van der Waals surface area (Å²) in [6.07, 6.45) is 4.57. The van der Waals surface area contributed by atoms with Gasteiger partial charge in [-0.2, -0.15) is 0 Å². The number of hydrogen-bond acceptors (Lipinski definition) is 4. The molecule has 0 bridgehead atoms. The van der Waals surface area contributed by atoms with Crippen molar-refractivity contribution >= 4 is 5.97 Å². The molecule has 4 nitrogen and oxygen atoms in total. The molecule has 0 aromatic carbocycles. The summed E-state index contributed by atoms with van der Waals surface area (Å²) in [7, 11) is 0. The molecule has 98 valence electrons. The van der Waals surface area contributed by atoms with Gasteiger partial charge in [0, 0.05) is 12.6 Å². The number of carbonyl (C=O) groups is 1. The molecule has 0 aliphatic carbocycles. The first-order valence-corrected chi connectivity index (χ1v) is 6.92. The van der Waals surface area contributed by atoms with E-state index in [0.717, 1.165) is 39.0 Å². The molecule has 0 saturated carbocycles. The van der Waals surface area contributed by atoms with E-state index in [2.05, 4.69) is 10.2 Å². The molecule has 0 aromatic heterocycles. The predicted molar refractivity (Wildman–Crippen MR) is 66.8 cm³/mol. The first-order valence-electron chi connectivity index (χ1n) is 6.92. The molecule has 2 rings (SSSR count). The van der Waals surface area contributed by atoms with Crippen LogP contribution in [-0.4, -0.2) is 49.7 Å². The van der Waals surface area contributed by atoms with E-state index in [0.29, 0.717) is 12.6 Å². The molecule has 0 amide bonds. The fourth-order valence-electron chi connectivity index (χ4n) is 2.96. The normalized spacial score (nSPS) is 27.9. The van der Waals surface area contributed by atoms with Crippen LogP contribution in [0.3, 0.4) is 0 Å². The third-order valence-corrected chi connectivity index (χ3v) is 3.90. The van der Waals surface area contributed by atoms with Crippen LogP contribution in [0.2, 0.25) is 0 Å². The Kier molecular flexibility index (Phi) is 4.80. The van der Waals surface area contributed by atoms with Gasteiger partial charge in [-0.05, 0) is 52.2 Å². The van der Waals surface area contributed by atoms with Crippen LogP contribution in [0.15, 0.2) is 0 Å². The summed E-state index contributed by atoms with van der Waals surface area (Å²) in [6.45, 7) is 6.68. The van der Waals surface area contributed by atoms with E-state index in [1.807, 2.05) is 6.92 Å². The van der Waals surface area contributed by atoms with E-state index in [4.69, 9.17) is 4.74 Å². The minimum atomic E-state index is 0.00568. The van der Waals surface area contributed by atoms with Crippen molar-refractivity contribution in [2.75, 3.05) is 32.8 Å². The van der Waals surface area contributed by atoms with Gasteiger partial charge in [0.15, 0.2) is 0 Å². The van der Waals surface area contributed by atoms with E-state index < -0.39 is 0 Å². The number of rotatable bonds is 3. The smallest absolute Gasteiger partial charge is 0.310 e. The van der Waals surface area contributed by atoms with Gasteiger partial charge in [0.25, 0.3) is 0 Å². The van der Waals surface area contributed by atoms with Gasteiger partial charge in [0.05, 0.1) is 12.5 Å². The molecule has 2 aliphatic heterocycles. The number of nitrogens with one attached hydrogen (secondary N) is 1. The fourth-order valence-corrected chi connectivity index (χ4v) is 2.96. The lowest BCUT2D eigenvalue weighted by Crippen LogP contribution is -2.48. The van der Waals surface area contributed by atoms with Crippen molar-refractivity contribution in [3.63, 3.8) is 0 Å². The van der Waals surface area contributed by atoms with Gasteiger partial charge in [0.1, 0.15) is 0 Å². The average Bonchev–Trinajstić information content (AvgIpc) is 2.40. The van der Waals surface area contributed by atoms with Crippen LogP contribution in [0.1, 0.15) is 32.6 Å². The van der Waals surface area contributed by atoms with Crippen LogP contribution in [0.4, 0.5) is 0 Å². The number of nitrogens with zero attached hydrogens (tertiary/aromatic N) is 1. The number of piperidine rings is 2. The van der Waals surface area contributed by atoms with Crippen molar-refractivity contribution in [3.8, 4) is 0 Å². The van der Waals surface area contributed by atoms with Gasteiger partial charge in [0.2, 0.25) is 0 Å². The Labute approximate surface area is 104 Å². The number of esters is 1. The maximum atomic E-state index is 11.8. The monoisotopic (exact) mass is 240 g/mol. The van der Waals surface area contributed by atoms with E-state index in [-0.39, 0.29) is 11.9 Å². The van der Waals surface area contributed by atoms with Crippen molar-refractivity contribution in [2.45, 2.75) is 38.6 Å². The Morgan fingerprint density at radius 2 is 2.12 bits per heavy atom. The lowest BCUT2D eigenvalue weighted by molar-refractivity contribution is -0.150. The zero-order chi connectivity index (χ0) is 12.1. The summed E-state index contributed by atoms with van der Waals surface area (Å²) >= 11 is 0. The topological polar surface area (TPSA) is 41.6 Å². The van der Waals surface area contributed by atoms with Crippen molar-refractivity contribution in [1.82, 2.24) is 10.2 Å². The largest absolute Gasteiger partial charge is 0.466 e. The van der Waals surface area contributed by atoms with Gasteiger partial charge in [-0.1, -0.05) is 0 Å². The lowest BCUT2D eigenvalue weighted by atomic mass is 9.94. The Bertz CT molecular complexity index is 252. The molecule has 4 heteroatoms. The minimum absolute atomic E-state index is 0.00568. The Morgan fingerprint density at radius 1 is 1.35 bits per heavy atom. The SMILES string of the molecule is CCOC(=O)[C@H]1CCCN(C2CCNCC2)C1. The highest BCUT2D eigenvalue weighted by Crippen LogP contribution is 2.22. The molecular weight excluding hydrogens is 216 g/mol. The van der Waals surface area contributed by atoms with Crippen molar-refractivity contribution < 1.29 is 9.53 Å². The van der Waals surface area contributed by atoms with Crippen LogP contribution < -0.4 is 5.32 Å². The van der Waals surface area contributed by atoms with Crippen molar-refractivity contribution in [2.24, 2.45) is 5.92 Å².